The summed E-state index contributed by atoms with van der Waals surface area (Å²) < 4.78 is 54.3. The zero-order chi connectivity index (χ0) is 13.3. The minimum absolute atomic E-state index is 0.209. The maximum absolute atomic E-state index is 12.7. The molecule has 6 heteroatoms. The molecule has 0 unspecified atom stereocenters. The normalized spacial score (nSPS) is 12.9. The van der Waals surface area contributed by atoms with E-state index in [9.17, 15) is 17.6 Å². The van der Waals surface area contributed by atoms with Crippen LogP contribution in [0.15, 0.2) is 24.3 Å². The second-order valence-electron chi connectivity index (χ2n) is 4.74. The Kier molecular flexibility index (Phi) is 4.32. The van der Waals surface area contributed by atoms with E-state index in [0.29, 0.717) is 0 Å². The van der Waals surface area contributed by atoms with Gasteiger partial charge in [-0.15, -0.1) is 0 Å². The third-order valence-electron chi connectivity index (χ3n) is 2.21. The summed E-state index contributed by atoms with van der Waals surface area (Å²) in [5.74, 6) is -0.209. The zero-order valence-electron chi connectivity index (χ0n) is 9.81. The van der Waals surface area contributed by atoms with Gasteiger partial charge in [-0.2, -0.15) is 0 Å². The minimum atomic E-state index is -4.44. The summed E-state index contributed by atoms with van der Waals surface area (Å²) in [6.07, 6.45) is -8.27. The molecule has 1 rings (SSSR count). The summed E-state index contributed by atoms with van der Waals surface area (Å²) in [5.41, 5.74) is 0. The Morgan fingerprint density at radius 1 is 1.18 bits per heavy atom. The van der Waals surface area contributed by atoms with E-state index in [-0.39, 0.29) is 5.75 Å². The molecule has 0 bridgehead atoms. The van der Waals surface area contributed by atoms with E-state index in [1.165, 1.54) is 12.1 Å². The summed E-state index contributed by atoms with van der Waals surface area (Å²) >= 11 is -2.40. The van der Waals surface area contributed by atoms with Crippen LogP contribution in [0.1, 0.15) is 0 Å². The standard InChI is InChI=1S/C8H5F4O.3CH3.Sn/c9-7(10)8(11,12)13-6-4-2-1-3-5-6;;;;/h1-2,4-5,7H;3*1H3;. The molecule has 96 valence electrons. The Hall–Kier alpha value is -0.461. The van der Waals surface area contributed by atoms with Crippen molar-refractivity contribution in [2.45, 2.75) is 27.4 Å². The monoisotopic (exact) mass is 358 g/mol. The van der Waals surface area contributed by atoms with Crippen molar-refractivity contribution < 1.29 is 22.3 Å². The molecule has 1 nitrogen and oxygen atoms in total. The fraction of sp³-hybridized carbons (Fsp3) is 0.455. The third kappa shape index (κ3) is 4.04. The fourth-order valence-corrected chi connectivity index (χ4v) is 4.57. The van der Waals surface area contributed by atoms with Crippen LogP contribution in [0.5, 0.6) is 5.75 Å². The van der Waals surface area contributed by atoms with Crippen LogP contribution < -0.4 is 8.32 Å². The number of halogens is 4. The zero-order valence-corrected chi connectivity index (χ0v) is 12.7. The van der Waals surface area contributed by atoms with Crippen molar-refractivity contribution in [3.63, 3.8) is 0 Å². The molecule has 0 radical (unpaired) electrons. The van der Waals surface area contributed by atoms with Crippen molar-refractivity contribution >= 4 is 22.0 Å². The van der Waals surface area contributed by atoms with Crippen LogP contribution in [0, 0.1) is 0 Å². The maximum atomic E-state index is 12.7. The molecule has 0 N–H and O–H groups in total. The fourth-order valence-electron chi connectivity index (χ4n) is 1.23. The molecular weight excluding hydrogens is 343 g/mol. The molecule has 0 amide bonds. The summed E-state index contributed by atoms with van der Waals surface area (Å²) in [5, 5.41) is 0. The molecular formula is C11H14F4OSn. The molecule has 1 aromatic rings. The van der Waals surface area contributed by atoms with E-state index < -0.39 is 30.9 Å². The van der Waals surface area contributed by atoms with Gasteiger partial charge < -0.3 is 0 Å². The molecule has 0 aromatic heterocycles. The summed E-state index contributed by atoms with van der Waals surface area (Å²) in [4.78, 5) is 6.29. The van der Waals surface area contributed by atoms with Crippen molar-refractivity contribution in [3.05, 3.63) is 24.3 Å². The van der Waals surface area contributed by atoms with Gasteiger partial charge >= 0.3 is 102 Å². The first kappa shape index (κ1) is 14.6. The van der Waals surface area contributed by atoms with Crippen LogP contribution in [0.25, 0.3) is 0 Å². The van der Waals surface area contributed by atoms with Gasteiger partial charge in [-0.05, 0) is 0 Å². The van der Waals surface area contributed by atoms with Gasteiger partial charge in [0.05, 0.1) is 0 Å². The Morgan fingerprint density at radius 2 is 1.76 bits per heavy atom. The summed E-state index contributed by atoms with van der Waals surface area (Å²) in [7, 11) is 0. The molecule has 0 fully saturated rings. The Labute approximate surface area is 102 Å². The first-order chi connectivity index (χ1) is 7.63. The van der Waals surface area contributed by atoms with Crippen molar-refractivity contribution in [1.82, 2.24) is 0 Å². The van der Waals surface area contributed by atoms with Crippen LogP contribution in [0.3, 0.4) is 0 Å². The Morgan fingerprint density at radius 3 is 2.24 bits per heavy atom. The summed E-state index contributed by atoms with van der Waals surface area (Å²) in [6, 6.07) is 6.07. The van der Waals surface area contributed by atoms with Gasteiger partial charge in [-0.3, -0.25) is 0 Å². The third-order valence-corrected chi connectivity index (χ3v) is 8.04. The average molecular weight is 357 g/mol. The number of alkyl halides is 4. The van der Waals surface area contributed by atoms with Crippen molar-refractivity contribution in [2.24, 2.45) is 0 Å². The SMILES string of the molecule is [CH3][Sn]([CH3])([CH3])[c]1cccc(OC(F)(F)C(F)F)c1. The molecule has 0 aliphatic carbocycles. The van der Waals surface area contributed by atoms with Crippen LogP contribution in [0.2, 0.25) is 14.8 Å². The van der Waals surface area contributed by atoms with E-state index in [0.717, 1.165) is 3.58 Å². The number of hydrogen-bond donors (Lipinski definition) is 0. The second kappa shape index (κ2) is 5.04. The summed E-state index contributed by atoms with van der Waals surface area (Å²) in [6.45, 7) is 0. The number of ether oxygens (including phenoxy) is 1. The number of hydrogen-bond acceptors (Lipinski definition) is 1. The van der Waals surface area contributed by atoms with Gasteiger partial charge in [0.15, 0.2) is 0 Å². The first-order valence-corrected chi connectivity index (χ1v) is 15.1. The molecule has 0 saturated carbocycles. The van der Waals surface area contributed by atoms with E-state index in [1.807, 2.05) is 6.07 Å². The van der Waals surface area contributed by atoms with Gasteiger partial charge in [0, 0.05) is 0 Å². The molecule has 0 aliphatic rings. The van der Waals surface area contributed by atoms with Crippen molar-refractivity contribution in [1.29, 1.82) is 0 Å². The molecule has 0 aliphatic heterocycles. The molecule has 1 aromatic carbocycles. The number of benzene rings is 1. The van der Waals surface area contributed by atoms with E-state index in [4.69, 9.17) is 0 Å². The average Bonchev–Trinajstić information content (AvgIpc) is 2.15. The Balaban J connectivity index is 2.94. The van der Waals surface area contributed by atoms with Gasteiger partial charge in [-0.1, -0.05) is 0 Å². The van der Waals surface area contributed by atoms with E-state index in [2.05, 4.69) is 19.6 Å². The number of rotatable bonds is 4. The van der Waals surface area contributed by atoms with Gasteiger partial charge in [0.1, 0.15) is 0 Å². The topological polar surface area (TPSA) is 9.23 Å². The van der Waals surface area contributed by atoms with Crippen LogP contribution >= 0.6 is 0 Å². The second-order valence-corrected chi connectivity index (χ2v) is 19.2. The van der Waals surface area contributed by atoms with Crippen molar-refractivity contribution in [2.75, 3.05) is 0 Å². The van der Waals surface area contributed by atoms with E-state index in [1.54, 1.807) is 6.07 Å². The first-order valence-electron chi connectivity index (χ1n) is 5.08. The molecule has 0 saturated heterocycles. The van der Waals surface area contributed by atoms with Crippen LogP contribution in [-0.2, 0) is 0 Å². The Bertz CT molecular complexity index is 387. The predicted molar refractivity (Wildman–Crippen MR) is 61.0 cm³/mol. The molecule has 17 heavy (non-hydrogen) atoms. The van der Waals surface area contributed by atoms with E-state index >= 15 is 0 Å². The van der Waals surface area contributed by atoms with Crippen molar-refractivity contribution in [3.8, 4) is 5.75 Å². The molecule has 0 atom stereocenters. The quantitative estimate of drug-likeness (QED) is 0.593. The molecule has 0 spiro atoms. The van der Waals surface area contributed by atoms with Crippen LogP contribution in [-0.4, -0.2) is 30.9 Å². The predicted octanol–water partition coefficient (Wildman–Crippen LogP) is 3.47. The molecule has 0 heterocycles. The van der Waals surface area contributed by atoms with Gasteiger partial charge in [0.2, 0.25) is 0 Å². The van der Waals surface area contributed by atoms with Gasteiger partial charge in [0.25, 0.3) is 0 Å². The van der Waals surface area contributed by atoms with Crippen LogP contribution in [0.4, 0.5) is 17.6 Å². The van der Waals surface area contributed by atoms with Gasteiger partial charge in [-0.25, -0.2) is 0 Å².